The molecule has 4 rings (SSSR count). The van der Waals surface area contributed by atoms with E-state index in [0.717, 1.165) is 41.4 Å². The number of rotatable bonds is 4. The van der Waals surface area contributed by atoms with Crippen LogP contribution in [0, 0.1) is 0 Å². The monoisotopic (exact) mass is 427 g/mol. The largest absolute Gasteiger partial charge is 0.334 e. The Morgan fingerprint density at radius 1 is 1.33 bits per heavy atom. The van der Waals surface area contributed by atoms with Gasteiger partial charge in [-0.05, 0) is 46.8 Å². The van der Waals surface area contributed by atoms with Crippen molar-refractivity contribution in [2.75, 3.05) is 5.32 Å². The average molecular weight is 428 g/mol. The first kappa shape index (κ1) is 18.0. The van der Waals surface area contributed by atoms with E-state index in [4.69, 9.17) is 4.98 Å². The summed E-state index contributed by atoms with van der Waals surface area (Å²) >= 11 is 3.48. The minimum Gasteiger partial charge on any atom is -0.334 e. The van der Waals surface area contributed by atoms with Gasteiger partial charge in [0.1, 0.15) is 5.82 Å². The molecule has 0 aliphatic carbocycles. The highest BCUT2D eigenvalue weighted by molar-refractivity contribution is 9.10. The number of H-pyrrole nitrogens is 1. The summed E-state index contributed by atoms with van der Waals surface area (Å²) in [6, 6.07) is 7.78. The van der Waals surface area contributed by atoms with Crippen LogP contribution in [-0.4, -0.2) is 25.7 Å². The Kier molecular flexibility index (Phi) is 4.86. The maximum atomic E-state index is 12.6. The molecule has 3 heterocycles. The fraction of sp³-hybridized carbons (Fsp3) is 0.350. The molecule has 0 atom stereocenters. The summed E-state index contributed by atoms with van der Waals surface area (Å²) in [6.45, 7) is 5.13. The van der Waals surface area contributed by atoms with Crippen LogP contribution in [0.25, 0.3) is 11.3 Å². The molecule has 1 aliphatic heterocycles. The van der Waals surface area contributed by atoms with Crippen LogP contribution in [0.3, 0.4) is 0 Å². The van der Waals surface area contributed by atoms with Crippen LogP contribution in [0.4, 0.5) is 5.69 Å². The second-order valence-electron chi connectivity index (χ2n) is 7.18. The maximum Gasteiger partial charge on any atom is 0.277 e. The molecule has 6 nitrogen and oxygen atoms in total. The van der Waals surface area contributed by atoms with Crippen molar-refractivity contribution in [2.45, 2.75) is 45.6 Å². The maximum absolute atomic E-state index is 12.6. The lowest BCUT2D eigenvalue weighted by molar-refractivity contribution is 0.102. The molecule has 0 bridgehead atoms. The molecule has 0 fully saturated rings. The van der Waals surface area contributed by atoms with Crippen molar-refractivity contribution >= 4 is 27.5 Å². The van der Waals surface area contributed by atoms with E-state index in [2.05, 4.69) is 42.2 Å². The van der Waals surface area contributed by atoms with E-state index in [-0.39, 0.29) is 11.8 Å². The number of carbonyl (C=O) groups is 1. The number of imidazole rings is 1. The van der Waals surface area contributed by atoms with E-state index in [1.165, 1.54) is 12.8 Å². The van der Waals surface area contributed by atoms with Gasteiger partial charge in [0.15, 0.2) is 5.69 Å². The number of amides is 1. The number of aromatic amines is 1. The van der Waals surface area contributed by atoms with Crippen molar-refractivity contribution in [3.8, 4) is 11.3 Å². The minimum atomic E-state index is -0.244. The highest BCUT2D eigenvalue weighted by Gasteiger charge is 2.20. The zero-order valence-electron chi connectivity index (χ0n) is 15.4. The van der Waals surface area contributed by atoms with Gasteiger partial charge in [0.25, 0.3) is 5.91 Å². The van der Waals surface area contributed by atoms with Crippen molar-refractivity contribution in [3.63, 3.8) is 0 Å². The SMILES string of the molecule is CC(C)c1[nH]nc(C(=O)Nc2cccc(-c3cn4c(n3)CCCC4)c2)c1Br. The quantitative estimate of drug-likeness (QED) is 0.630. The van der Waals surface area contributed by atoms with Crippen LogP contribution in [0.15, 0.2) is 34.9 Å². The Bertz CT molecular complexity index is 965. The van der Waals surface area contributed by atoms with Crippen LogP contribution in [0.5, 0.6) is 0 Å². The number of nitrogens with one attached hydrogen (secondary N) is 2. The van der Waals surface area contributed by atoms with Crippen LogP contribution >= 0.6 is 15.9 Å². The first-order valence-electron chi connectivity index (χ1n) is 9.24. The van der Waals surface area contributed by atoms with Gasteiger partial charge < -0.3 is 9.88 Å². The van der Waals surface area contributed by atoms with Crippen molar-refractivity contribution in [1.29, 1.82) is 0 Å². The van der Waals surface area contributed by atoms with Crippen molar-refractivity contribution in [3.05, 3.63) is 52.1 Å². The number of anilines is 1. The number of benzene rings is 1. The average Bonchev–Trinajstić information content (AvgIpc) is 3.25. The van der Waals surface area contributed by atoms with Gasteiger partial charge in [0.05, 0.1) is 15.9 Å². The molecule has 7 heteroatoms. The Hall–Kier alpha value is -2.41. The summed E-state index contributed by atoms with van der Waals surface area (Å²) in [7, 11) is 0. The molecule has 1 aromatic carbocycles. The molecule has 2 N–H and O–H groups in total. The lowest BCUT2D eigenvalue weighted by atomic mass is 10.1. The summed E-state index contributed by atoms with van der Waals surface area (Å²) in [5.74, 6) is 1.15. The second kappa shape index (κ2) is 7.31. The Labute approximate surface area is 166 Å². The minimum absolute atomic E-state index is 0.244. The van der Waals surface area contributed by atoms with Gasteiger partial charge in [-0.25, -0.2) is 4.98 Å². The number of aryl methyl sites for hydroxylation is 2. The first-order chi connectivity index (χ1) is 13.0. The zero-order chi connectivity index (χ0) is 19.0. The van der Waals surface area contributed by atoms with Crippen molar-refractivity contribution in [2.24, 2.45) is 0 Å². The molecule has 0 saturated carbocycles. The summed E-state index contributed by atoms with van der Waals surface area (Å²) in [5.41, 5.74) is 3.95. The molecular formula is C20H22BrN5O. The summed E-state index contributed by atoms with van der Waals surface area (Å²) in [4.78, 5) is 17.4. The number of aromatic nitrogens is 4. The summed E-state index contributed by atoms with van der Waals surface area (Å²) in [6.07, 6.45) is 5.54. The van der Waals surface area contributed by atoms with Gasteiger partial charge in [0, 0.05) is 30.4 Å². The highest BCUT2D eigenvalue weighted by atomic mass is 79.9. The van der Waals surface area contributed by atoms with Gasteiger partial charge in [-0.15, -0.1) is 0 Å². The molecule has 3 aromatic rings. The smallest absolute Gasteiger partial charge is 0.277 e. The molecule has 2 aromatic heterocycles. The Morgan fingerprint density at radius 3 is 2.93 bits per heavy atom. The van der Waals surface area contributed by atoms with E-state index in [1.807, 2.05) is 38.1 Å². The molecule has 0 spiro atoms. The van der Waals surface area contributed by atoms with E-state index in [0.29, 0.717) is 10.2 Å². The third-order valence-corrected chi connectivity index (χ3v) is 5.65. The molecule has 27 heavy (non-hydrogen) atoms. The summed E-state index contributed by atoms with van der Waals surface area (Å²) < 4.78 is 2.95. The number of hydrogen-bond donors (Lipinski definition) is 2. The number of hydrogen-bond acceptors (Lipinski definition) is 3. The molecule has 0 unspecified atom stereocenters. The lowest BCUT2D eigenvalue weighted by Crippen LogP contribution is -2.13. The Balaban J connectivity index is 1.56. The number of fused-ring (bicyclic) bond motifs is 1. The van der Waals surface area contributed by atoms with E-state index >= 15 is 0 Å². The molecule has 140 valence electrons. The van der Waals surface area contributed by atoms with Gasteiger partial charge in [-0.2, -0.15) is 5.10 Å². The number of carbonyl (C=O) groups excluding carboxylic acids is 1. The van der Waals surface area contributed by atoms with Gasteiger partial charge in [-0.3, -0.25) is 9.89 Å². The van der Waals surface area contributed by atoms with Crippen molar-refractivity contribution in [1.82, 2.24) is 19.7 Å². The fourth-order valence-electron chi connectivity index (χ4n) is 3.37. The lowest BCUT2D eigenvalue weighted by Gasteiger charge is -2.11. The normalized spacial score (nSPS) is 13.6. The van der Waals surface area contributed by atoms with E-state index < -0.39 is 0 Å². The topological polar surface area (TPSA) is 75.6 Å². The third kappa shape index (κ3) is 3.56. The first-order valence-corrected chi connectivity index (χ1v) is 10.0. The Morgan fingerprint density at radius 2 is 2.19 bits per heavy atom. The van der Waals surface area contributed by atoms with Gasteiger partial charge in [-0.1, -0.05) is 26.0 Å². The molecular weight excluding hydrogens is 406 g/mol. The predicted molar refractivity (Wildman–Crippen MR) is 109 cm³/mol. The molecule has 1 aliphatic rings. The second-order valence-corrected chi connectivity index (χ2v) is 7.98. The third-order valence-electron chi connectivity index (χ3n) is 4.85. The zero-order valence-corrected chi connectivity index (χ0v) is 17.0. The number of halogens is 1. The molecule has 0 saturated heterocycles. The van der Waals surface area contributed by atoms with E-state index in [9.17, 15) is 4.79 Å². The number of nitrogens with zero attached hydrogens (tertiary/aromatic N) is 3. The van der Waals surface area contributed by atoms with Crippen LogP contribution in [0.1, 0.15) is 54.6 Å². The molecule has 1 amide bonds. The van der Waals surface area contributed by atoms with Crippen LogP contribution < -0.4 is 5.32 Å². The standard InChI is InChI=1S/C20H22BrN5O/c1-12(2)18-17(21)19(25-24-18)20(27)22-14-7-5-6-13(10-14)15-11-26-9-4-3-8-16(26)23-15/h5-7,10-12H,3-4,8-9H2,1-2H3,(H,22,27)(H,24,25). The highest BCUT2D eigenvalue weighted by Crippen LogP contribution is 2.28. The van der Waals surface area contributed by atoms with Gasteiger partial charge >= 0.3 is 0 Å². The van der Waals surface area contributed by atoms with Crippen molar-refractivity contribution < 1.29 is 4.79 Å². The van der Waals surface area contributed by atoms with Gasteiger partial charge in [0.2, 0.25) is 0 Å². The summed E-state index contributed by atoms with van der Waals surface area (Å²) in [5, 5.41) is 10.0. The van der Waals surface area contributed by atoms with Crippen LogP contribution in [0.2, 0.25) is 0 Å². The predicted octanol–water partition coefficient (Wildman–Crippen LogP) is 4.75. The van der Waals surface area contributed by atoms with Crippen LogP contribution in [-0.2, 0) is 13.0 Å². The molecule has 0 radical (unpaired) electrons. The van der Waals surface area contributed by atoms with E-state index in [1.54, 1.807) is 0 Å². The fourth-order valence-corrected chi connectivity index (χ4v) is 4.19.